The molecule has 98 valence electrons. The molecule has 1 fully saturated rings. The molecule has 1 unspecified atom stereocenters. The Morgan fingerprint density at radius 1 is 1.39 bits per heavy atom. The first kappa shape index (κ1) is 13.4. The molecule has 0 saturated carbocycles. The van der Waals surface area contributed by atoms with Gasteiger partial charge >= 0.3 is 0 Å². The average molecular weight is 265 g/mol. The van der Waals surface area contributed by atoms with Crippen LogP contribution < -0.4 is 5.32 Å². The van der Waals surface area contributed by atoms with Crippen molar-refractivity contribution in [3.8, 4) is 0 Å². The van der Waals surface area contributed by atoms with Crippen molar-refractivity contribution in [1.82, 2.24) is 5.32 Å². The monoisotopic (exact) mass is 265 g/mol. The molecule has 18 heavy (non-hydrogen) atoms. The number of thioether (sulfide) groups is 1. The minimum Gasteiger partial charge on any atom is -0.368 e. The zero-order valence-electron chi connectivity index (χ0n) is 10.4. The van der Waals surface area contributed by atoms with Gasteiger partial charge < -0.3 is 10.1 Å². The largest absolute Gasteiger partial charge is 0.368 e. The van der Waals surface area contributed by atoms with Crippen molar-refractivity contribution in [1.29, 1.82) is 0 Å². The molecule has 0 spiro atoms. The number of benzene rings is 1. The summed E-state index contributed by atoms with van der Waals surface area (Å²) in [5.41, 5.74) is 1.33. The standard InChI is InChI=1S/C14H19NO2S/c16-14(13-7-4-9-17-13)15-8-10-18-11-12-5-2-1-3-6-12/h1-3,5-6,13H,4,7-11H2,(H,15,16). The quantitative estimate of drug-likeness (QED) is 0.802. The Labute approximate surface area is 112 Å². The van der Waals surface area contributed by atoms with Crippen molar-refractivity contribution >= 4 is 17.7 Å². The van der Waals surface area contributed by atoms with E-state index in [1.165, 1.54) is 5.56 Å². The third kappa shape index (κ3) is 4.35. The van der Waals surface area contributed by atoms with E-state index in [9.17, 15) is 4.79 Å². The van der Waals surface area contributed by atoms with Gasteiger partial charge in [0.1, 0.15) is 6.10 Å². The summed E-state index contributed by atoms with van der Waals surface area (Å²) in [6.45, 7) is 1.44. The summed E-state index contributed by atoms with van der Waals surface area (Å²) in [6, 6.07) is 10.4. The van der Waals surface area contributed by atoms with Gasteiger partial charge in [-0.1, -0.05) is 30.3 Å². The SMILES string of the molecule is O=C(NCCSCc1ccccc1)C1CCCO1. The fourth-order valence-corrected chi connectivity index (χ4v) is 2.73. The second-order valence-corrected chi connectivity index (χ2v) is 5.44. The molecule has 1 saturated heterocycles. The lowest BCUT2D eigenvalue weighted by Crippen LogP contribution is -2.35. The van der Waals surface area contributed by atoms with Gasteiger partial charge in [-0.05, 0) is 18.4 Å². The molecule has 1 heterocycles. The minimum atomic E-state index is -0.205. The van der Waals surface area contributed by atoms with E-state index < -0.39 is 0 Å². The molecule has 0 aromatic heterocycles. The Bertz CT molecular complexity index is 363. The number of amides is 1. The molecule has 0 radical (unpaired) electrons. The van der Waals surface area contributed by atoms with Crippen LogP contribution in [0.4, 0.5) is 0 Å². The smallest absolute Gasteiger partial charge is 0.249 e. The normalized spacial score (nSPS) is 18.8. The lowest BCUT2D eigenvalue weighted by molar-refractivity contribution is -0.129. The topological polar surface area (TPSA) is 38.3 Å². The summed E-state index contributed by atoms with van der Waals surface area (Å²) in [6.07, 6.45) is 1.66. The molecule has 1 amide bonds. The van der Waals surface area contributed by atoms with Crippen LogP contribution in [0, 0.1) is 0 Å². The number of carbonyl (C=O) groups excluding carboxylic acids is 1. The van der Waals surface area contributed by atoms with Crippen LogP contribution >= 0.6 is 11.8 Å². The zero-order chi connectivity index (χ0) is 12.6. The lowest BCUT2D eigenvalue weighted by atomic mass is 10.2. The Kier molecular flexibility index (Phi) is 5.55. The lowest BCUT2D eigenvalue weighted by Gasteiger charge is -2.10. The van der Waals surface area contributed by atoms with Gasteiger partial charge in [0.15, 0.2) is 0 Å². The summed E-state index contributed by atoms with van der Waals surface area (Å²) in [4.78, 5) is 11.6. The molecule has 1 atom stereocenters. The van der Waals surface area contributed by atoms with Crippen LogP contribution in [0.15, 0.2) is 30.3 Å². The van der Waals surface area contributed by atoms with Gasteiger partial charge in [-0.15, -0.1) is 0 Å². The van der Waals surface area contributed by atoms with Crippen LogP contribution in [0.3, 0.4) is 0 Å². The second kappa shape index (κ2) is 7.44. The summed E-state index contributed by atoms with van der Waals surface area (Å²) in [5, 5.41) is 2.93. The molecule has 1 aliphatic heterocycles. The van der Waals surface area contributed by atoms with Crippen molar-refractivity contribution in [3.05, 3.63) is 35.9 Å². The predicted molar refractivity (Wildman–Crippen MR) is 74.6 cm³/mol. The Morgan fingerprint density at radius 3 is 2.94 bits per heavy atom. The predicted octanol–water partition coefficient (Wildman–Crippen LogP) is 2.21. The molecule has 0 bridgehead atoms. The molecule has 1 aliphatic rings. The van der Waals surface area contributed by atoms with Crippen LogP contribution in [0.1, 0.15) is 18.4 Å². The van der Waals surface area contributed by atoms with Crippen LogP contribution in [-0.2, 0) is 15.3 Å². The van der Waals surface area contributed by atoms with Gasteiger partial charge in [0.2, 0.25) is 5.91 Å². The molecule has 3 nitrogen and oxygen atoms in total. The molecular formula is C14H19NO2S. The maximum absolute atomic E-state index is 11.6. The fraction of sp³-hybridized carbons (Fsp3) is 0.500. The number of hydrogen-bond donors (Lipinski definition) is 1. The van der Waals surface area contributed by atoms with Crippen LogP contribution in [0.2, 0.25) is 0 Å². The Morgan fingerprint density at radius 2 is 2.22 bits per heavy atom. The summed E-state index contributed by atoms with van der Waals surface area (Å²) < 4.78 is 5.32. The Hall–Kier alpha value is -1.00. The van der Waals surface area contributed by atoms with E-state index in [0.29, 0.717) is 0 Å². The first-order valence-electron chi connectivity index (χ1n) is 6.37. The van der Waals surface area contributed by atoms with Crippen molar-refractivity contribution in [2.45, 2.75) is 24.7 Å². The van der Waals surface area contributed by atoms with Crippen LogP contribution in [-0.4, -0.2) is 30.9 Å². The number of carbonyl (C=O) groups is 1. The Balaban J connectivity index is 1.54. The van der Waals surface area contributed by atoms with Gasteiger partial charge in [-0.3, -0.25) is 4.79 Å². The zero-order valence-corrected chi connectivity index (χ0v) is 11.2. The molecule has 1 N–H and O–H groups in total. The van der Waals surface area contributed by atoms with Crippen molar-refractivity contribution in [3.63, 3.8) is 0 Å². The highest BCUT2D eigenvalue weighted by atomic mass is 32.2. The summed E-state index contributed by atoms with van der Waals surface area (Å²) >= 11 is 1.84. The number of ether oxygens (including phenoxy) is 1. The van der Waals surface area contributed by atoms with Gasteiger partial charge in [-0.2, -0.15) is 11.8 Å². The van der Waals surface area contributed by atoms with Crippen molar-refractivity contribution in [2.75, 3.05) is 18.9 Å². The first-order chi connectivity index (χ1) is 8.86. The summed E-state index contributed by atoms with van der Waals surface area (Å²) in [7, 11) is 0. The van der Waals surface area contributed by atoms with E-state index in [0.717, 1.165) is 37.5 Å². The maximum Gasteiger partial charge on any atom is 0.249 e. The molecule has 1 aromatic carbocycles. The molecule has 0 aliphatic carbocycles. The van der Waals surface area contributed by atoms with Crippen molar-refractivity contribution in [2.24, 2.45) is 0 Å². The van der Waals surface area contributed by atoms with E-state index in [4.69, 9.17) is 4.74 Å². The fourth-order valence-electron chi connectivity index (χ4n) is 1.91. The number of rotatable bonds is 6. The molecule has 2 rings (SSSR count). The third-order valence-electron chi connectivity index (χ3n) is 2.88. The highest BCUT2D eigenvalue weighted by Gasteiger charge is 2.22. The average Bonchev–Trinajstić information content (AvgIpc) is 2.93. The number of nitrogens with one attached hydrogen (secondary N) is 1. The second-order valence-electron chi connectivity index (χ2n) is 4.33. The van der Waals surface area contributed by atoms with Gasteiger partial charge in [0.25, 0.3) is 0 Å². The molecular weight excluding hydrogens is 246 g/mol. The first-order valence-corrected chi connectivity index (χ1v) is 7.53. The molecule has 4 heteroatoms. The highest BCUT2D eigenvalue weighted by Crippen LogP contribution is 2.12. The maximum atomic E-state index is 11.6. The van der Waals surface area contributed by atoms with E-state index in [-0.39, 0.29) is 12.0 Å². The summed E-state index contributed by atoms with van der Waals surface area (Å²) in [5.74, 6) is 1.98. The number of hydrogen-bond acceptors (Lipinski definition) is 3. The van der Waals surface area contributed by atoms with E-state index in [1.807, 2.05) is 17.8 Å². The minimum absolute atomic E-state index is 0.0489. The van der Waals surface area contributed by atoms with Gasteiger partial charge in [-0.25, -0.2) is 0 Å². The third-order valence-corrected chi connectivity index (χ3v) is 3.91. The molecule has 1 aromatic rings. The van der Waals surface area contributed by atoms with Gasteiger partial charge in [0, 0.05) is 24.7 Å². The van der Waals surface area contributed by atoms with Crippen LogP contribution in [0.25, 0.3) is 0 Å². The van der Waals surface area contributed by atoms with Crippen LogP contribution in [0.5, 0.6) is 0 Å². The highest BCUT2D eigenvalue weighted by molar-refractivity contribution is 7.98. The van der Waals surface area contributed by atoms with E-state index in [2.05, 4.69) is 29.6 Å². The van der Waals surface area contributed by atoms with Gasteiger partial charge in [0.05, 0.1) is 0 Å². The van der Waals surface area contributed by atoms with Crippen molar-refractivity contribution < 1.29 is 9.53 Å². The van der Waals surface area contributed by atoms with E-state index in [1.54, 1.807) is 0 Å². The van der Waals surface area contributed by atoms with E-state index >= 15 is 0 Å².